The minimum atomic E-state index is 0.295. The minimum absolute atomic E-state index is 0.295. The quantitative estimate of drug-likeness (QED) is 0.580. The van der Waals surface area contributed by atoms with Gasteiger partial charge in [-0.15, -0.1) is 0 Å². The number of hydrogen-bond acceptors (Lipinski definition) is 2. The van der Waals surface area contributed by atoms with Crippen LogP contribution in [0.1, 0.15) is 65.7 Å². The van der Waals surface area contributed by atoms with Gasteiger partial charge in [0.1, 0.15) is 0 Å². The maximum absolute atomic E-state index is 6.23. The van der Waals surface area contributed by atoms with Crippen molar-refractivity contribution in [3.63, 3.8) is 0 Å². The highest BCUT2D eigenvalue weighted by Gasteiger charge is 2.24. The van der Waals surface area contributed by atoms with Crippen LogP contribution < -0.4 is 11.5 Å². The number of unbranched alkanes of at least 4 members (excludes halogenated alkanes) is 3. The standard InChI is InChI=1S/C13H30N2/c1-4-5-9-12(15)13(2,3)10-7-6-8-11-14/h12H,4-11,14-15H2,1-3H3. The lowest BCUT2D eigenvalue weighted by molar-refractivity contribution is 0.240. The van der Waals surface area contributed by atoms with Crippen molar-refractivity contribution in [3.8, 4) is 0 Å². The molecule has 92 valence electrons. The van der Waals surface area contributed by atoms with Crippen molar-refractivity contribution >= 4 is 0 Å². The van der Waals surface area contributed by atoms with Crippen molar-refractivity contribution in [2.75, 3.05) is 6.54 Å². The first-order valence-electron chi connectivity index (χ1n) is 6.50. The van der Waals surface area contributed by atoms with E-state index < -0.39 is 0 Å². The van der Waals surface area contributed by atoms with Gasteiger partial charge in [-0.1, -0.05) is 46.5 Å². The highest BCUT2D eigenvalue weighted by molar-refractivity contribution is 4.81. The first-order chi connectivity index (χ1) is 7.04. The summed E-state index contributed by atoms with van der Waals surface area (Å²) < 4.78 is 0. The summed E-state index contributed by atoms with van der Waals surface area (Å²) in [4.78, 5) is 0. The average Bonchev–Trinajstić information content (AvgIpc) is 2.21. The molecule has 2 heteroatoms. The third-order valence-electron chi connectivity index (χ3n) is 3.40. The van der Waals surface area contributed by atoms with Crippen LogP contribution >= 0.6 is 0 Å². The zero-order valence-electron chi connectivity index (χ0n) is 10.9. The van der Waals surface area contributed by atoms with Gasteiger partial charge in [0.2, 0.25) is 0 Å². The zero-order chi connectivity index (χ0) is 11.7. The monoisotopic (exact) mass is 214 g/mol. The molecule has 15 heavy (non-hydrogen) atoms. The average molecular weight is 214 g/mol. The van der Waals surface area contributed by atoms with E-state index in [2.05, 4.69) is 20.8 Å². The van der Waals surface area contributed by atoms with E-state index in [9.17, 15) is 0 Å². The van der Waals surface area contributed by atoms with Gasteiger partial charge in [0.25, 0.3) is 0 Å². The number of nitrogens with two attached hydrogens (primary N) is 2. The molecule has 0 radical (unpaired) electrons. The van der Waals surface area contributed by atoms with Gasteiger partial charge >= 0.3 is 0 Å². The summed E-state index contributed by atoms with van der Waals surface area (Å²) in [6.45, 7) is 7.65. The Hall–Kier alpha value is -0.0800. The molecule has 0 bridgehead atoms. The highest BCUT2D eigenvalue weighted by Crippen LogP contribution is 2.29. The molecule has 4 N–H and O–H groups in total. The summed E-state index contributed by atoms with van der Waals surface area (Å²) in [6, 6.07) is 0.357. The summed E-state index contributed by atoms with van der Waals surface area (Å²) in [5.74, 6) is 0. The van der Waals surface area contributed by atoms with Gasteiger partial charge in [0, 0.05) is 6.04 Å². The van der Waals surface area contributed by atoms with Crippen molar-refractivity contribution in [1.29, 1.82) is 0 Å². The molecule has 0 amide bonds. The van der Waals surface area contributed by atoms with E-state index in [0.717, 1.165) is 13.0 Å². The summed E-state index contributed by atoms with van der Waals surface area (Å²) in [6.07, 6.45) is 8.58. The predicted molar refractivity (Wildman–Crippen MR) is 68.8 cm³/mol. The van der Waals surface area contributed by atoms with Crippen LogP contribution in [0, 0.1) is 5.41 Å². The molecule has 0 rings (SSSR count). The SMILES string of the molecule is CCCCC(N)C(C)(C)CCCCCN. The molecule has 0 aromatic heterocycles. The molecular weight excluding hydrogens is 184 g/mol. The van der Waals surface area contributed by atoms with E-state index in [4.69, 9.17) is 11.5 Å². The minimum Gasteiger partial charge on any atom is -0.330 e. The summed E-state index contributed by atoms with van der Waals surface area (Å²) in [7, 11) is 0. The Morgan fingerprint density at radius 1 is 1.07 bits per heavy atom. The van der Waals surface area contributed by atoms with Crippen molar-refractivity contribution in [2.45, 2.75) is 71.8 Å². The molecule has 0 aliphatic rings. The summed E-state index contributed by atoms with van der Waals surface area (Å²) in [5, 5.41) is 0. The van der Waals surface area contributed by atoms with E-state index in [0.29, 0.717) is 11.5 Å². The van der Waals surface area contributed by atoms with E-state index in [1.807, 2.05) is 0 Å². The smallest absolute Gasteiger partial charge is 0.00902 e. The van der Waals surface area contributed by atoms with Crippen LogP contribution in [0.3, 0.4) is 0 Å². The topological polar surface area (TPSA) is 52.0 Å². The van der Waals surface area contributed by atoms with Gasteiger partial charge in [0.15, 0.2) is 0 Å². The zero-order valence-corrected chi connectivity index (χ0v) is 10.9. The van der Waals surface area contributed by atoms with Crippen LogP contribution in [0.5, 0.6) is 0 Å². The van der Waals surface area contributed by atoms with Crippen molar-refractivity contribution in [1.82, 2.24) is 0 Å². The Balaban J connectivity index is 3.72. The molecule has 0 saturated carbocycles. The number of hydrogen-bond donors (Lipinski definition) is 2. The van der Waals surface area contributed by atoms with Gasteiger partial charge in [-0.25, -0.2) is 0 Å². The molecule has 2 nitrogen and oxygen atoms in total. The van der Waals surface area contributed by atoms with E-state index >= 15 is 0 Å². The molecule has 0 saturated heterocycles. The van der Waals surface area contributed by atoms with Gasteiger partial charge in [-0.3, -0.25) is 0 Å². The van der Waals surface area contributed by atoms with Crippen LogP contribution in [0.25, 0.3) is 0 Å². The second kappa shape index (κ2) is 8.12. The Bertz CT molecular complexity index is 143. The van der Waals surface area contributed by atoms with E-state index in [1.165, 1.54) is 38.5 Å². The Labute approximate surface area is 95.8 Å². The molecular formula is C13H30N2. The maximum Gasteiger partial charge on any atom is 0.00902 e. The molecule has 0 spiro atoms. The molecule has 1 unspecified atom stereocenters. The molecule has 0 aliphatic carbocycles. The number of rotatable bonds is 9. The third-order valence-corrected chi connectivity index (χ3v) is 3.40. The van der Waals surface area contributed by atoms with Crippen molar-refractivity contribution in [3.05, 3.63) is 0 Å². The van der Waals surface area contributed by atoms with Crippen molar-refractivity contribution < 1.29 is 0 Å². The fourth-order valence-electron chi connectivity index (χ4n) is 1.90. The lowest BCUT2D eigenvalue weighted by atomic mass is 9.78. The van der Waals surface area contributed by atoms with Crippen LogP contribution in [-0.4, -0.2) is 12.6 Å². The Morgan fingerprint density at radius 2 is 1.73 bits per heavy atom. The van der Waals surface area contributed by atoms with E-state index in [1.54, 1.807) is 0 Å². The van der Waals surface area contributed by atoms with Crippen LogP contribution in [0.15, 0.2) is 0 Å². The van der Waals surface area contributed by atoms with Crippen LogP contribution in [0.2, 0.25) is 0 Å². The Kier molecular flexibility index (Phi) is 8.07. The first kappa shape index (κ1) is 14.9. The van der Waals surface area contributed by atoms with Gasteiger partial charge in [-0.2, -0.15) is 0 Å². The third kappa shape index (κ3) is 6.91. The summed E-state index contributed by atoms with van der Waals surface area (Å²) in [5.41, 5.74) is 12.0. The van der Waals surface area contributed by atoms with Gasteiger partial charge in [-0.05, 0) is 31.2 Å². The largest absolute Gasteiger partial charge is 0.330 e. The first-order valence-corrected chi connectivity index (χ1v) is 6.50. The van der Waals surface area contributed by atoms with E-state index in [-0.39, 0.29) is 0 Å². The second-order valence-corrected chi connectivity index (χ2v) is 5.34. The predicted octanol–water partition coefficient (Wildman–Crippen LogP) is 3.05. The van der Waals surface area contributed by atoms with Crippen LogP contribution in [-0.2, 0) is 0 Å². The van der Waals surface area contributed by atoms with Gasteiger partial charge < -0.3 is 11.5 Å². The van der Waals surface area contributed by atoms with Gasteiger partial charge in [0.05, 0.1) is 0 Å². The molecule has 0 aromatic carbocycles. The van der Waals surface area contributed by atoms with Crippen molar-refractivity contribution in [2.24, 2.45) is 16.9 Å². The molecule has 0 aromatic rings. The molecule has 0 heterocycles. The second-order valence-electron chi connectivity index (χ2n) is 5.34. The highest BCUT2D eigenvalue weighted by atomic mass is 14.7. The lowest BCUT2D eigenvalue weighted by Gasteiger charge is -2.31. The molecule has 0 fully saturated rings. The fraction of sp³-hybridized carbons (Fsp3) is 1.00. The Morgan fingerprint density at radius 3 is 2.27 bits per heavy atom. The lowest BCUT2D eigenvalue weighted by Crippen LogP contribution is -2.37. The van der Waals surface area contributed by atoms with Crippen LogP contribution in [0.4, 0.5) is 0 Å². The molecule has 0 aliphatic heterocycles. The normalized spacial score (nSPS) is 14.2. The molecule has 1 atom stereocenters. The summed E-state index contributed by atoms with van der Waals surface area (Å²) >= 11 is 0. The fourth-order valence-corrected chi connectivity index (χ4v) is 1.90. The maximum atomic E-state index is 6.23.